The zero-order chi connectivity index (χ0) is 14.4. The summed E-state index contributed by atoms with van der Waals surface area (Å²) in [4.78, 5) is 36.2. The Hall–Kier alpha value is -1.85. The number of unbranched alkanes of at least 4 members (excludes halogenated alkanes) is 2. The van der Waals surface area contributed by atoms with E-state index in [0.717, 1.165) is 45.6 Å². The van der Waals surface area contributed by atoms with E-state index < -0.39 is 17.1 Å². The molecule has 0 spiro atoms. The van der Waals surface area contributed by atoms with Gasteiger partial charge in [-0.1, -0.05) is 33.3 Å². The van der Waals surface area contributed by atoms with Gasteiger partial charge in [0.1, 0.15) is 0 Å². The highest BCUT2D eigenvalue weighted by Gasteiger charge is 2.12. The molecule has 1 rings (SSSR count). The first-order valence-electron chi connectivity index (χ1n) is 6.67. The maximum absolute atomic E-state index is 12.2. The molecule has 0 saturated carbocycles. The first-order chi connectivity index (χ1) is 9.08. The van der Waals surface area contributed by atoms with E-state index in [0.29, 0.717) is 13.1 Å². The minimum Gasteiger partial charge on any atom is -0.247 e. The van der Waals surface area contributed by atoms with Crippen LogP contribution in [0.1, 0.15) is 39.5 Å². The predicted octanol–water partition coefficient (Wildman–Crippen LogP) is 0.872. The lowest BCUT2D eigenvalue weighted by atomic mass is 10.3. The van der Waals surface area contributed by atoms with Gasteiger partial charge in [0.15, 0.2) is 0 Å². The Morgan fingerprint density at radius 2 is 1.32 bits per heavy atom. The second kappa shape index (κ2) is 6.92. The molecule has 1 aromatic heterocycles. The molecule has 0 unspecified atom stereocenters. The Bertz CT molecular complexity index is 561. The van der Waals surface area contributed by atoms with Gasteiger partial charge in [0.2, 0.25) is 0 Å². The molecule has 106 valence electrons. The summed E-state index contributed by atoms with van der Waals surface area (Å²) in [5.74, 6) is 0. The Labute approximate surface area is 111 Å². The quantitative estimate of drug-likeness (QED) is 0.736. The second-order valence-corrected chi connectivity index (χ2v) is 4.41. The summed E-state index contributed by atoms with van der Waals surface area (Å²) in [6.07, 6.45) is 4.34. The van der Waals surface area contributed by atoms with Crippen LogP contribution in [0, 0.1) is 0 Å². The zero-order valence-electron chi connectivity index (χ0n) is 11.6. The molecule has 1 heterocycles. The topological polar surface area (TPSA) is 66.0 Å². The van der Waals surface area contributed by atoms with Crippen LogP contribution < -0.4 is 17.1 Å². The summed E-state index contributed by atoms with van der Waals surface area (Å²) in [5, 5.41) is 0. The molecule has 0 saturated heterocycles. The van der Waals surface area contributed by atoms with Crippen LogP contribution in [0.4, 0.5) is 0 Å². The lowest BCUT2D eigenvalue weighted by molar-refractivity contribution is 0.470. The summed E-state index contributed by atoms with van der Waals surface area (Å²) in [6.45, 7) is 8.07. The SMILES string of the molecule is C=Cn1c(=O)n(CCCC)c(=O)n(CCCC)c1=O. The summed E-state index contributed by atoms with van der Waals surface area (Å²) >= 11 is 0. The van der Waals surface area contributed by atoms with Crippen molar-refractivity contribution in [2.75, 3.05) is 0 Å². The van der Waals surface area contributed by atoms with Gasteiger partial charge >= 0.3 is 17.1 Å². The van der Waals surface area contributed by atoms with Crippen molar-refractivity contribution in [3.8, 4) is 0 Å². The highest BCUT2D eigenvalue weighted by molar-refractivity contribution is 5.13. The second-order valence-electron chi connectivity index (χ2n) is 4.41. The third kappa shape index (κ3) is 3.13. The number of nitrogens with zero attached hydrogens (tertiary/aromatic N) is 3. The minimum absolute atomic E-state index is 0.328. The van der Waals surface area contributed by atoms with E-state index in [1.54, 1.807) is 0 Å². The van der Waals surface area contributed by atoms with Crippen LogP contribution in [0.15, 0.2) is 21.0 Å². The average Bonchev–Trinajstić information content (AvgIpc) is 2.39. The zero-order valence-corrected chi connectivity index (χ0v) is 11.6. The molecule has 6 nitrogen and oxygen atoms in total. The fourth-order valence-electron chi connectivity index (χ4n) is 1.82. The summed E-state index contributed by atoms with van der Waals surface area (Å²) in [6, 6.07) is 0. The van der Waals surface area contributed by atoms with E-state index in [9.17, 15) is 14.4 Å². The first kappa shape index (κ1) is 15.2. The lowest BCUT2D eigenvalue weighted by Gasteiger charge is -2.11. The van der Waals surface area contributed by atoms with Gasteiger partial charge in [-0.05, 0) is 12.8 Å². The molecule has 1 aromatic rings. The molecule has 0 fully saturated rings. The van der Waals surface area contributed by atoms with E-state index in [1.807, 2.05) is 13.8 Å². The molecule has 0 amide bonds. The summed E-state index contributed by atoms with van der Waals surface area (Å²) < 4.78 is 3.12. The molecular formula is C13H21N3O3. The van der Waals surface area contributed by atoms with Gasteiger partial charge in [0, 0.05) is 19.3 Å². The Balaban J connectivity index is 3.47. The van der Waals surface area contributed by atoms with Crippen LogP contribution in [-0.2, 0) is 13.1 Å². The predicted molar refractivity (Wildman–Crippen MR) is 75.4 cm³/mol. The molecule has 0 aliphatic rings. The van der Waals surface area contributed by atoms with Gasteiger partial charge in [-0.15, -0.1) is 0 Å². The van der Waals surface area contributed by atoms with Crippen LogP contribution in [0.3, 0.4) is 0 Å². The van der Waals surface area contributed by atoms with Crippen molar-refractivity contribution in [1.29, 1.82) is 0 Å². The van der Waals surface area contributed by atoms with Crippen molar-refractivity contribution in [2.45, 2.75) is 52.6 Å². The number of aromatic nitrogens is 3. The first-order valence-corrected chi connectivity index (χ1v) is 6.67. The molecule has 0 aromatic carbocycles. The lowest BCUT2D eigenvalue weighted by Crippen LogP contribution is -2.53. The van der Waals surface area contributed by atoms with Crippen molar-refractivity contribution >= 4 is 6.20 Å². The van der Waals surface area contributed by atoms with Crippen molar-refractivity contribution in [3.05, 3.63) is 38.0 Å². The summed E-state index contributed by atoms with van der Waals surface area (Å²) in [5.41, 5.74) is -1.73. The summed E-state index contributed by atoms with van der Waals surface area (Å²) in [7, 11) is 0. The number of hydrogen-bond donors (Lipinski definition) is 0. The fourth-order valence-corrected chi connectivity index (χ4v) is 1.82. The van der Waals surface area contributed by atoms with Crippen LogP contribution >= 0.6 is 0 Å². The minimum atomic E-state index is -0.605. The van der Waals surface area contributed by atoms with Gasteiger partial charge in [-0.2, -0.15) is 0 Å². The third-order valence-electron chi connectivity index (χ3n) is 2.99. The molecule has 0 radical (unpaired) electrons. The fraction of sp³-hybridized carbons (Fsp3) is 0.615. The van der Waals surface area contributed by atoms with Gasteiger partial charge in [0.25, 0.3) is 0 Å². The molecule has 0 atom stereocenters. The molecule has 0 N–H and O–H groups in total. The number of hydrogen-bond acceptors (Lipinski definition) is 3. The van der Waals surface area contributed by atoms with E-state index in [1.165, 1.54) is 0 Å². The maximum Gasteiger partial charge on any atom is 0.340 e. The normalized spacial score (nSPS) is 10.6. The van der Waals surface area contributed by atoms with Crippen LogP contribution in [0.25, 0.3) is 6.20 Å². The van der Waals surface area contributed by atoms with Crippen LogP contribution in [-0.4, -0.2) is 13.7 Å². The molecule has 0 aliphatic heterocycles. The van der Waals surface area contributed by atoms with Gasteiger partial charge < -0.3 is 0 Å². The van der Waals surface area contributed by atoms with Crippen LogP contribution in [0.2, 0.25) is 0 Å². The highest BCUT2D eigenvalue weighted by atomic mass is 16.2. The molecular weight excluding hydrogens is 246 g/mol. The monoisotopic (exact) mass is 267 g/mol. The van der Waals surface area contributed by atoms with E-state index >= 15 is 0 Å². The van der Waals surface area contributed by atoms with Crippen molar-refractivity contribution in [3.63, 3.8) is 0 Å². The highest BCUT2D eigenvalue weighted by Crippen LogP contribution is 1.90. The standard InChI is InChI=1S/C13H21N3O3/c1-4-7-9-15-11(17)14(6-3)12(18)16(13(15)19)10-8-5-2/h6H,3-5,7-10H2,1-2H3. The third-order valence-corrected chi connectivity index (χ3v) is 2.99. The van der Waals surface area contributed by atoms with Crippen molar-refractivity contribution in [1.82, 2.24) is 13.7 Å². The smallest absolute Gasteiger partial charge is 0.247 e. The largest absolute Gasteiger partial charge is 0.340 e. The van der Waals surface area contributed by atoms with Gasteiger partial charge in [0.05, 0.1) is 0 Å². The van der Waals surface area contributed by atoms with E-state index in [-0.39, 0.29) is 0 Å². The van der Waals surface area contributed by atoms with Gasteiger partial charge in [-0.25, -0.2) is 28.1 Å². The van der Waals surface area contributed by atoms with Gasteiger partial charge in [-0.3, -0.25) is 0 Å². The maximum atomic E-state index is 12.2. The van der Waals surface area contributed by atoms with E-state index in [4.69, 9.17) is 0 Å². The Kier molecular flexibility index (Phi) is 5.54. The molecule has 19 heavy (non-hydrogen) atoms. The Morgan fingerprint density at radius 3 is 1.63 bits per heavy atom. The Morgan fingerprint density at radius 1 is 0.895 bits per heavy atom. The van der Waals surface area contributed by atoms with E-state index in [2.05, 4.69) is 6.58 Å². The molecule has 0 aliphatic carbocycles. The molecule has 0 bridgehead atoms. The number of rotatable bonds is 7. The van der Waals surface area contributed by atoms with Crippen molar-refractivity contribution < 1.29 is 0 Å². The van der Waals surface area contributed by atoms with Crippen LogP contribution in [0.5, 0.6) is 0 Å². The molecule has 6 heteroatoms. The average molecular weight is 267 g/mol. The van der Waals surface area contributed by atoms with Crippen molar-refractivity contribution in [2.24, 2.45) is 0 Å².